The average Bonchev–Trinajstić information content (AvgIpc) is 3.09. The minimum atomic E-state index is -0.409. The third-order valence-corrected chi connectivity index (χ3v) is 4.41. The topological polar surface area (TPSA) is 80.6 Å². The highest BCUT2D eigenvalue weighted by Crippen LogP contribution is 2.32. The molecule has 0 aliphatic heterocycles. The number of rotatable bonds is 7. The largest absolute Gasteiger partial charge is 0.468 e. The average molecular weight is 336 g/mol. The van der Waals surface area contributed by atoms with E-state index in [-0.39, 0.29) is 12.5 Å². The molecule has 0 unspecified atom stereocenters. The molecule has 0 saturated carbocycles. The Morgan fingerprint density at radius 2 is 2.13 bits per heavy atom. The van der Waals surface area contributed by atoms with Crippen LogP contribution in [0, 0.1) is 13.8 Å². The van der Waals surface area contributed by atoms with Gasteiger partial charge in [0.2, 0.25) is 5.91 Å². The van der Waals surface area contributed by atoms with Crippen molar-refractivity contribution in [1.29, 1.82) is 0 Å². The molecule has 6 nitrogen and oxygen atoms in total. The number of furan rings is 1. The molecule has 0 radical (unpaired) electrons. The first-order valence-corrected chi connectivity index (χ1v) is 8.14. The fraction of sp³-hybridized carbons (Fsp3) is 0.375. The molecule has 23 heavy (non-hydrogen) atoms. The van der Waals surface area contributed by atoms with E-state index in [9.17, 15) is 9.59 Å². The Morgan fingerprint density at radius 3 is 2.78 bits per heavy atom. The van der Waals surface area contributed by atoms with E-state index < -0.39 is 5.97 Å². The molecule has 2 N–H and O–H groups in total. The Labute approximate surface area is 138 Å². The molecule has 2 aromatic rings. The minimum absolute atomic E-state index is 0.124. The van der Waals surface area contributed by atoms with Crippen molar-refractivity contribution in [3.8, 4) is 0 Å². The lowest BCUT2D eigenvalue weighted by Crippen LogP contribution is -2.28. The quantitative estimate of drug-likeness (QED) is 0.760. The summed E-state index contributed by atoms with van der Waals surface area (Å²) in [6.45, 7) is 6.40. The van der Waals surface area contributed by atoms with Crippen LogP contribution in [0.1, 0.15) is 33.5 Å². The molecule has 2 aromatic heterocycles. The molecule has 2 rings (SSSR count). The Morgan fingerprint density at radius 1 is 1.35 bits per heavy atom. The Balaban J connectivity index is 1.97. The molecule has 7 heteroatoms. The summed E-state index contributed by atoms with van der Waals surface area (Å²) in [7, 11) is 0. The first-order chi connectivity index (χ1) is 11.0. The highest BCUT2D eigenvalue weighted by atomic mass is 32.1. The second kappa shape index (κ2) is 7.94. The van der Waals surface area contributed by atoms with Crippen molar-refractivity contribution in [2.75, 3.05) is 18.5 Å². The number of nitrogens with one attached hydrogen (secondary N) is 2. The van der Waals surface area contributed by atoms with Gasteiger partial charge in [0.1, 0.15) is 10.8 Å². The number of carbonyl (C=O) groups is 2. The van der Waals surface area contributed by atoms with Gasteiger partial charge in [0, 0.05) is 4.88 Å². The van der Waals surface area contributed by atoms with E-state index >= 15 is 0 Å². The van der Waals surface area contributed by atoms with Crippen molar-refractivity contribution in [2.24, 2.45) is 0 Å². The lowest BCUT2D eigenvalue weighted by atomic mass is 10.1. The highest BCUT2D eigenvalue weighted by molar-refractivity contribution is 7.16. The first kappa shape index (κ1) is 17.2. The van der Waals surface area contributed by atoms with Gasteiger partial charge in [0.25, 0.3) is 0 Å². The SMILES string of the molecule is CCOC(=O)c1c(NC(=O)CNCc2ccco2)sc(C)c1C. The number of carbonyl (C=O) groups excluding carboxylic acids is 2. The summed E-state index contributed by atoms with van der Waals surface area (Å²) >= 11 is 1.38. The summed E-state index contributed by atoms with van der Waals surface area (Å²) in [6.07, 6.45) is 1.58. The van der Waals surface area contributed by atoms with Crippen LogP contribution in [0.25, 0.3) is 0 Å². The maximum atomic E-state index is 12.1. The fourth-order valence-electron chi connectivity index (χ4n) is 2.05. The molecular weight excluding hydrogens is 316 g/mol. The lowest BCUT2D eigenvalue weighted by molar-refractivity contribution is -0.115. The van der Waals surface area contributed by atoms with Crippen molar-refractivity contribution in [1.82, 2.24) is 5.32 Å². The number of esters is 1. The number of amides is 1. The Hall–Kier alpha value is -2.12. The summed E-state index contributed by atoms with van der Waals surface area (Å²) in [5.74, 6) is 0.129. The van der Waals surface area contributed by atoms with Crippen LogP contribution < -0.4 is 10.6 Å². The first-order valence-electron chi connectivity index (χ1n) is 7.33. The fourth-order valence-corrected chi connectivity index (χ4v) is 3.11. The molecule has 124 valence electrons. The summed E-state index contributed by atoms with van der Waals surface area (Å²) in [5, 5.41) is 6.29. The number of anilines is 1. The summed E-state index contributed by atoms with van der Waals surface area (Å²) in [4.78, 5) is 25.1. The van der Waals surface area contributed by atoms with Gasteiger partial charge in [-0.2, -0.15) is 0 Å². The zero-order valence-electron chi connectivity index (χ0n) is 13.4. The van der Waals surface area contributed by atoms with E-state index in [1.807, 2.05) is 19.9 Å². The summed E-state index contributed by atoms with van der Waals surface area (Å²) in [6, 6.07) is 3.62. The predicted molar refractivity (Wildman–Crippen MR) is 88.8 cm³/mol. The highest BCUT2D eigenvalue weighted by Gasteiger charge is 2.21. The summed E-state index contributed by atoms with van der Waals surface area (Å²) in [5.41, 5.74) is 1.28. The Kier molecular flexibility index (Phi) is 5.95. The molecule has 0 atom stereocenters. The molecule has 0 bridgehead atoms. The molecule has 2 heterocycles. The maximum absolute atomic E-state index is 12.1. The van der Waals surface area contributed by atoms with Crippen LogP contribution in [-0.2, 0) is 16.1 Å². The van der Waals surface area contributed by atoms with Crippen molar-refractivity contribution in [3.05, 3.63) is 40.2 Å². The third kappa shape index (κ3) is 4.43. The van der Waals surface area contributed by atoms with E-state index in [1.54, 1.807) is 19.3 Å². The second-order valence-electron chi connectivity index (χ2n) is 4.94. The van der Waals surface area contributed by atoms with E-state index in [2.05, 4.69) is 10.6 Å². The van der Waals surface area contributed by atoms with Gasteiger partial charge in [-0.1, -0.05) is 0 Å². The smallest absolute Gasteiger partial charge is 0.341 e. The number of thiophene rings is 1. The number of ether oxygens (including phenoxy) is 1. The summed E-state index contributed by atoms with van der Waals surface area (Å²) < 4.78 is 10.2. The molecule has 0 saturated heterocycles. The monoisotopic (exact) mass is 336 g/mol. The van der Waals surface area contributed by atoms with Crippen molar-refractivity contribution < 1.29 is 18.7 Å². The second-order valence-corrected chi connectivity index (χ2v) is 6.16. The van der Waals surface area contributed by atoms with Crippen LogP contribution in [-0.4, -0.2) is 25.0 Å². The van der Waals surface area contributed by atoms with Gasteiger partial charge in [0.15, 0.2) is 0 Å². The molecular formula is C16H20N2O4S. The van der Waals surface area contributed by atoms with Crippen LogP contribution in [0.5, 0.6) is 0 Å². The van der Waals surface area contributed by atoms with E-state index in [1.165, 1.54) is 11.3 Å². The van der Waals surface area contributed by atoms with Gasteiger partial charge >= 0.3 is 5.97 Å². The molecule has 0 spiro atoms. The van der Waals surface area contributed by atoms with E-state index in [0.717, 1.165) is 16.2 Å². The number of hydrogen-bond acceptors (Lipinski definition) is 6. The predicted octanol–water partition coefficient (Wildman–Crippen LogP) is 2.86. The van der Waals surface area contributed by atoms with Crippen molar-refractivity contribution >= 4 is 28.2 Å². The van der Waals surface area contributed by atoms with Gasteiger partial charge in [-0.3, -0.25) is 4.79 Å². The van der Waals surface area contributed by atoms with Gasteiger partial charge in [-0.05, 0) is 38.5 Å². The molecule has 0 aliphatic carbocycles. The molecule has 0 aromatic carbocycles. The molecule has 1 amide bonds. The van der Waals surface area contributed by atoms with Crippen LogP contribution in [0.4, 0.5) is 5.00 Å². The zero-order chi connectivity index (χ0) is 16.8. The number of aryl methyl sites for hydroxylation is 1. The normalized spacial score (nSPS) is 10.6. The van der Waals surface area contributed by atoms with Crippen LogP contribution in [0.3, 0.4) is 0 Å². The van der Waals surface area contributed by atoms with E-state index in [4.69, 9.17) is 9.15 Å². The number of hydrogen-bond donors (Lipinski definition) is 2. The third-order valence-electron chi connectivity index (χ3n) is 3.28. The van der Waals surface area contributed by atoms with Gasteiger partial charge in [-0.15, -0.1) is 11.3 Å². The van der Waals surface area contributed by atoms with E-state index in [0.29, 0.717) is 23.7 Å². The van der Waals surface area contributed by atoms with Gasteiger partial charge in [0.05, 0.1) is 31.5 Å². The maximum Gasteiger partial charge on any atom is 0.341 e. The lowest BCUT2D eigenvalue weighted by Gasteiger charge is -2.07. The van der Waals surface area contributed by atoms with Crippen LogP contribution >= 0.6 is 11.3 Å². The molecule has 0 aliphatic rings. The standard InChI is InChI=1S/C16H20N2O4S/c1-4-21-16(20)14-10(2)11(3)23-15(14)18-13(19)9-17-8-12-6-5-7-22-12/h5-7,17H,4,8-9H2,1-3H3,(H,18,19). The zero-order valence-corrected chi connectivity index (χ0v) is 14.2. The Bertz CT molecular complexity index is 677. The van der Waals surface area contributed by atoms with Crippen molar-refractivity contribution in [2.45, 2.75) is 27.3 Å². The van der Waals surface area contributed by atoms with Crippen LogP contribution in [0.2, 0.25) is 0 Å². The molecule has 0 fully saturated rings. The van der Waals surface area contributed by atoms with Gasteiger partial charge in [-0.25, -0.2) is 4.79 Å². The van der Waals surface area contributed by atoms with Crippen LogP contribution in [0.15, 0.2) is 22.8 Å². The minimum Gasteiger partial charge on any atom is -0.468 e. The van der Waals surface area contributed by atoms with Crippen molar-refractivity contribution in [3.63, 3.8) is 0 Å². The van der Waals surface area contributed by atoms with Gasteiger partial charge < -0.3 is 19.8 Å².